The van der Waals surface area contributed by atoms with Gasteiger partial charge in [-0.2, -0.15) is 0 Å². The zero-order chi connectivity index (χ0) is 33.1. The normalized spacial score (nSPS) is 18.0. The molecule has 14 nitrogen and oxygen atoms in total. The Balaban J connectivity index is 2.31. The van der Waals surface area contributed by atoms with Crippen LogP contribution in [0.25, 0.3) is 0 Å². The molecule has 1 aromatic rings. The van der Waals surface area contributed by atoms with Crippen LogP contribution in [0.2, 0.25) is 0 Å². The highest BCUT2D eigenvalue weighted by atomic mass is 16.4. The summed E-state index contributed by atoms with van der Waals surface area (Å²) in [5.41, 5.74) is 11.9. The minimum Gasteiger partial charge on any atom is -0.508 e. The van der Waals surface area contributed by atoms with E-state index in [9.17, 15) is 39.0 Å². The first-order chi connectivity index (χ1) is 20.7. The summed E-state index contributed by atoms with van der Waals surface area (Å²) in [7, 11) is 0. The number of aromatic hydroxyl groups is 1. The molecule has 1 aliphatic rings. The maximum atomic E-state index is 13.6. The number of likely N-dealkylation sites (tertiary alicyclic amines) is 1. The predicted molar refractivity (Wildman–Crippen MR) is 161 cm³/mol. The van der Waals surface area contributed by atoms with Crippen LogP contribution in [0.15, 0.2) is 24.3 Å². The lowest BCUT2D eigenvalue weighted by molar-refractivity contribution is -0.143. The second-order valence-electron chi connectivity index (χ2n) is 11.7. The molecule has 44 heavy (non-hydrogen) atoms. The molecule has 1 fully saturated rings. The molecule has 0 aromatic heterocycles. The van der Waals surface area contributed by atoms with Crippen LogP contribution < -0.4 is 27.4 Å². The van der Waals surface area contributed by atoms with E-state index < -0.39 is 65.7 Å². The average Bonchev–Trinajstić information content (AvgIpc) is 3.47. The van der Waals surface area contributed by atoms with Gasteiger partial charge in [0.25, 0.3) is 0 Å². The Bertz CT molecular complexity index is 1190. The fraction of sp³-hybridized carbons (Fsp3) is 0.600. The van der Waals surface area contributed by atoms with Crippen LogP contribution >= 0.6 is 0 Å². The Labute approximate surface area is 257 Å². The fourth-order valence-corrected chi connectivity index (χ4v) is 4.89. The smallest absolute Gasteiger partial charge is 0.326 e. The predicted octanol–water partition coefficient (Wildman–Crippen LogP) is -0.240. The zero-order valence-corrected chi connectivity index (χ0v) is 25.7. The number of aliphatic carboxylic acids is 1. The van der Waals surface area contributed by atoms with E-state index in [-0.39, 0.29) is 36.8 Å². The lowest BCUT2D eigenvalue weighted by Crippen LogP contribution is -2.59. The highest BCUT2D eigenvalue weighted by Crippen LogP contribution is 2.20. The number of carboxylic acids is 1. The minimum absolute atomic E-state index is 0.00971. The number of hydrogen-bond acceptors (Lipinski definition) is 8. The molecular formula is C30H46N6O8. The molecule has 14 heteroatoms. The summed E-state index contributed by atoms with van der Waals surface area (Å²) < 4.78 is 0. The number of carbonyl (C=O) groups is 6. The molecule has 0 spiro atoms. The van der Waals surface area contributed by atoms with Crippen molar-refractivity contribution < 1.29 is 39.0 Å². The van der Waals surface area contributed by atoms with Gasteiger partial charge in [-0.15, -0.1) is 0 Å². The second-order valence-corrected chi connectivity index (χ2v) is 11.7. The highest BCUT2D eigenvalue weighted by Gasteiger charge is 2.39. The zero-order valence-electron chi connectivity index (χ0n) is 25.7. The molecule has 0 bridgehead atoms. The van der Waals surface area contributed by atoms with Gasteiger partial charge >= 0.3 is 5.97 Å². The van der Waals surface area contributed by atoms with Crippen molar-refractivity contribution >= 4 is 35.5 Å². The van der Waals surface area contributed by atoms with E-state index in [1.807, 2.05) is 0 Å². The largest absolute Gasteiger partial charge is 0.508 e. The summed E-state index contributed by atoms with van der Waals surface area (Å²) in [6.07, 6.45) is 0.869. The standard InChI is InChI=1S/C30H46N6O8/c1-5-17(4)25(30(43)44)35-27(40)21(15-18-8-10-19(37)11-9-18)34-26(39)20(12-13-23(31)38)33-28(41)22-7-6-14-36(22)29(42)24(32)16(2)3/h8-11,16-17,20-22,24-25,37H,5-7,12-15,32H2,1-4H3,(H2,31,38)(H,33,41)(H,34,39)(H,35,40)(H,43,44)/t17-,20-,21-,22-,24-,25-/m0/s1. The summed E-state index contributed by atoms with van der Waals surface area (Å²) in [5, 5.41) is 27.0. The van der Waals surface area contributed by atoms with Crippen molar-refractivity contribution in [1.82, 2.24) is 20.9 Å². The summed E-state index contributed by atoms with van der Waals surface area (Å²) in [6.45, 7) is 7.37. The molecular weight excluding hydrogens is 572 g/mol. The van der Waals surface area contributed by atoms with Crippen molar-refractivity contribution in [2.75, 3.05) is 6.54 Å². The van der Waals surface area contributed by atoms with Crippen molar-refractivity contribution in [2.24, 2.45) is 23.3 Å². The maximum Gasteiger partial charge on any atom is 0.326 e. The van der Waals surface area contributed by atoms with Crippen molar-refractivity contribution in [1.29, 1.82) is 0 Å². The Morgan fingerprint density at radius 1 is 0.977 bits per heavy atom. The van der Waals surface area contributed by atoms with Gasteiger partial charge in [-0.25, -0.2) is 4.79 Å². The Kier molecular flexibility index (Phi) is 13.6. The highest BCUT2D eigenvalue weighted by molar-refractivity contribution is 5.96. The van der Waals surface area contributed by atoms with Crippen molar-refractivity contribution in [3.8, 4) is 5.75 Å². The number of phenolic OH excluding ortho intramolecular Hbond substituents is 1. The van der Waals surface area contributed by atoms with E-state index in [1.165, 1.54) is 17.0 Å². The molecule has 6 atom stereocenters. The molecule has 0 aliphatic carbocycles. The van der Waals surface area contributed by atoms with Gasteiger partial charge in [-0.05, 0) is 48.8 Å². The van der Waals surface area contributed by atoms with Gasteiger partial charge < -0.3 is 42.5 Å². The number of benzene rings is 1. The van der Waals surface area contributed by atoms with E-state index in [0.29, 0.717) is 31.4 Å². The molecule has 2 rings (SSSR count). The minimum atomic E-state index is -1.30. The number of phenols is 1. The van der Waals surface area contributed by atoms with Crippen molar-refractivity contribution in [3.63, 3.8) is 0 Å². The summed E-state index contributed by atoms with van der Waals surface area (Å²) >= 11 is 0. The van der Waals surface area contributed by atoms with Crippen LogP contribution in [0.4, 0.5) is 0 Å². The summed E-state index contributed by atoms with van der Waals surface area (Å²) in [5.74, 6) is -5.09. The Hall–Kier alpha value is -4.20. The molecule has 0 unspecified atom stereocenters. The molecule has 1 aromatic carbocycles. The summed E-state index contributed by atoms with van der Waals surface area (Å²) in [6, 6.07) is 0.421. The number of amides is 5. The van der Waals surface area contributed by atoms with Gasteiger partial charge in [-0.1, -0.05) is 46.2 Å². The maximum absolute atomic E-state index is 13.6. The molecule has 244 valence electrons. The third-order valence-corrected chi connectivity index (χ3v) is 7.94. The van der Waals surface area contributed by atoms with Crippen LogP contribution in [-0.4, -0.2) is 87.4 Å². The Morgan fingerprint density at radius 3 is 2.14 bits per heavy atom. The van der Waals surface area contributed by atoms with Crippen molar-refractivity contribution in [2.45, 2.75) is 96.4 Å². The molecule has 0 radical (unpaired) electrons. The molecule has 1 heterocycles. The number of hydrogen-bond donors (Lipinski definition) is 7. The lowest BCUT2D eigenvalue weighted by atomic mass is 9.98. The number of nitrogens with one attached hydrogen (secondary N) is 3. The number of rotatable bonds is 16. The van der Waals surface area contributed by atoms with E-state index >= 15 is 0 Å². The molecule has 1 aliphatic heterocycles. The SMILES string of the molecule is CC[C@H](C)[C@H](NC(=O)[C@H](Cc1ccc(O)cc1)NC(=O)[C@H](CCC(N)=O)NC(=O)[C@@H]1CCCN1C(=O)[C@@H](N)C(C)C)C(=O)O. The van der Waals surface area contributed by atoms with Gasteiger partial charge in [0.15, 0.2) is 0 Å². The van der Waals surface area contributed by atoms with E-state index in [1.54, 1.807) is 39.8 Å². The van der Waals surface area contributed by atoms with E-state index in [2.05, 4.69) is 16.0 Å². The number of carbonyl (C=O) groups excluding carboxylic acids is 5. The monoisotopic (exact) mass is 618 g/mol. The molecule has 0 saturated carbocycles. The average molecular weight is 619 g/mol. The number of nitrogens with zero attached hydrogens (tertiary/aromatic N) is 1. The topological polar surface area (TPSA) is 234 Å². The summed E-state index contributed by atoms with van der Waals surface area (Å²) in [4.78, 5) is 78.1. The number of carboxylic acid groups (broad SMARTS) is 1. The quantitative estimate of drug-likeness (QED) is 0.129. The molecule has 1 saturated heterocycles. The van der Waals surface area contributed by atoms with Crippen molar-refractivity contribution in [3.05, 3.63) is 29.8 Å². The van der Waals surface area contributed by atoms with Crippen LogP contribution in [0.1, 0.15) is 65.4 Å². The third kappa shape index (κ3) is 10.2. The van der Waals surface area contributed by atoms with Crippen LogP contribution in [0.5, 0.6) is 5.75 Å². The first-order valence-electron chi connectivity index (χ1n) is 14.9. The first kappa shape index (κ1) is 36.0. The van der Waals surface area contributed by atoms with Crippen LogP contribution in [0.3, 0.4) is 0 Å². The van der Waals surface area contributed by atoms with Crippen LogP contribution in [0, 0.1) is 11.8 Å². The van der Waals surface area contributed by atoms with Gasteiger partial charge in [0.2, 0.25) is 29.5 Å². The van der Waals surface area contributed by atoms with E-state index in [0.717, 1.165) is 0 Å². The number of primary amides is 1. The van der Waals surface area contributed by atoms with Gasteiger partial charge in [0.1, 0.15) is 29.9 Å². The fourth-order valence-electron chi connectivity index (χ4n) is 4.89. The van der Waals surface area contributed by atoms with E-state index in [4.69, 9.17) is 11.5 Å². The lowest BCUT2D eigenvalue weighted by Gasteiger charge is -2.30. The number of nitrogens with two attached hydrogens (primary N) is 2. The van der Waals surface area contributed by atoms with Gasteiger partial charge in [0.05, 0.1) is 6.04 Å². The van der Waals surface area contributed by atoms with Gasteiger partial charge in [0, 0.05) is 19.4 Å². The van der Waals surface area contributed by atoms with Gasteiger partial charge in [-0.3, -0.25) is 24.0 Å². The molecule has 5 amide bonds. The third-order valence-electron chi connectivity index (χ3n) is 7.94. The Morgan fingerprint density at radius 2 is 1.59 bits per heavy atom. The first-order valence-corrected chi connectivity index (χ1v) is 14.9. The van der Waals surface area contributed by atoms with Crippen LogP contribution in [-0.2, 0) is 35.2 Å². The second kappa shape index (κ2) is 16.6. The molecule has 9 N–H and O–H groups in total.